The van der Waals surface area contributed by atoms with Gasteiger partial charge >= 0.3 is 0 Å². The first-order valence-electron chi connectivity index (χ1n) is 11.2. The lowest BCUT2D eigenvalue weighted by Gasteiger charge is -2.43. The standard InChI is InChI=1S/C27H31N3O2S/c1-8-30-22-14-23(32-7)19(12-21(22)18(4)15-27(30,5)6)13-24-25(31)29-26(33-24)28-20-10-16(2)9-17(3)11-20/h9-15H,8H2,1-7H3,(H,28,29,31)/b24-13+. The highest BCUT2D eigenvalue weighted by Gasteiger charge is 2.31. The minimum Gasteiger partial charge on any atom is -0.496 e. The van der Waals surface area contributed by atoms with E-state index < -0.39 is 0 Å². The monoisotopic (exact) mass is 461 g/mol. The summed E-state index contributed by atoms with van der Waals surface area (Å²) in [6.07, 6.45) is 4.19. The molecule has 0 spiro atoms. The lowest BCUT2D eigenvalue weighted by molar-refractivity contribution is -0.115. The second-order valence-corrected chi connectivity index (χ2v) is 10.2. The quantitative estimate of drug-likeness (QED) is 0.549. The normalized spacial score (nSPS) is 19.5. The lowest BCUT2D eigenvalue weighted by atomic mass is 9.87. The molecule has 1 amide bonds. The molecule has 1 fully saturated rings. The van der Waals surface area contributed by atoms with Gasteiger partial charge in [-0.15, -0.1) is 0 Å². The van der Waals surface area contributed by atoms with Gasteiger partial charge in [0.05, 0.1) is 23.2 Å². The Kier molecular flexibility index (Phi) is 6.14. The third-order valence-electron chi connectivity index (χ3n) is 6.02. The van der Waals surface area contributed by atoms with Crippen LogP contribution in [0.4, 0.5) is 11.4 Å². The van der Waals surface area contributed by atoms with Crippen molar-refractivity contribution >= 4 is 45.9 Å². The number of likely N-dealkylation sites (N-methyl/N-ethyl adjacent to an activating group) is 1. The Bertz CT molecular complexity index is 1200. The van der Waals surface area contributed by atoms with Gasteiger partial charge < -0.3 is 15.0 Å². The first-order valence-corrected chi connectivity index (χ1v) is 12.0. The number of anilines is 1. The van der Waals surface area contributed by atoms with Crippen molar-refractivity contribution in [3.63, 3.8) is 0 Å². The third kappa shape index (κ3) is 4.58. The molecule has 2 aliphatic rings. The van der Waals surface area contributed by atoms with Crippen molar-refractivity contribution in [2.45, 2.75) is 47.1 Å². The lowest BCUT2D eigenvalue weighted by Crippen LogP contribution is -2.44. The molecule has 2 heterocycles. The number of methoxy groups -OCH3 is 1. The number of carbonyl (C=O) groups excluding carboxylic acids is 1. The van der Waals surface area contributed by atoms with E-state index in [0.717, 1.165) is 45.9 Å². The van der Waals surface area contributed by atoms with E-state index in [4.69, 9.17) is 4.74 Å². The zero-order valence-electron chi connectivity index (χ0n) is 20.4. The van der Waals surface area contributed by atoms with Gasteiger partial charge in [0, 0.05) is 29.4 Å². The third-order valence-corrected chi connectivity index (χ3v) is 6.93. The Labute approximate surface area is 200 Å². The van der Waals surface area contributed by atoms with Crippen molar-refractivity contribution in [2.75, 3.05) is 18.6 Å². The van der Waals surface area contributed by atoms with Gasteiger partial charge in [0.25, 0.3) is 5.91 Å². The van der Waals surface area contributed by atoms with Crippen molar-refractivity contribution in [2.24, 2.45) is 4.99 Å². The molecule has 5 nitrogen and oxygen atoms in total. The maximum absolute atomic E-state index is 12.7. The number of allylic oxidation sites excluding steroid dienone is 1. The Morgan fingerprint density at radius 2 is 1.82 bits per heavy atom. The molecule has 0 radical (unpaired) electrons. The van der Waals surface area contributed by atoms with Crippen LogP contribution in [0.2, 0.25) is 0 Å². The maximum Gasteiger partial charge on any atom is 0.264 e. The Morgan fingerprint density at radius 1 is 1.12 bits per heavy atom. The Hall–Kier alpha value is -2.99. The number of aliphatic imine (C=N–C) groups is 1. The number of nitrogens with zero attached hydrogens (tertiary/aromatic N) is 2. The number of carbonyl (C=O) groups is 1. The SMILES string of the molecule is CCN1c2cc(OC)c(/C=C3/SC(=Nc4cc(C)cc(C)c4)NC3=O)cc2C(C)=CC1(C)C. The zero-order valence-corrected chi connectivity index (χ0v) is 21.2. The highest BCUT2D eigenvalue weighted by molar-refractivity contribution is 8.18. The summed E-state index contributed by atoms with van der Waals surface area (Å²) in [7, 11) is 1.67. The molecule has 4 rings (SSSR count). The number of aryl methyl sites for hydroxylation is 2. The van der Waals surface area contributed by atoms with Crippen LogP contribution in [0.15, 0.2) is 46.3 Å². The fourth-order valence-corrected chi connectivity index (χ4v) is 5.58. The molecule has 0 saturated carbocycles. The van der Waals surface area contributed by atoms with Gasteiger partial charge in [0.15, 0.2) is 5.17 Å². The van der Waals surface area contributed by atoms with Gasteiger partial charge in [0.2, 0.25) is 0 Å². The molecule has 172 valence electrons. The molecule has 6 heteroatoms. The van der Waals surface area contributed by atoms with E-state index in [0.29, 0.717) is 10.1 Å². The summed E-state index contributed by atoms with van der Waals surface area (Å²) in [5, 5.41) is 3.48. The number of nitrogens with one attached hydrogen (secondary N) is 1. The van der Waals surface area contributed by atoms with E-state index in [-0.39, 0.29) is 11.4 Å². The van der Waals surface area contributed by atoms with Gasteiger partial charge in [-0.2, -0.15) is 0 Å². The van der Waals surface area contributed by atoms with Crippen LogP contribution in [0.3, 0.4) is 0 Å². The molecular weight excluding hydrogens is 430 g/mol. The predicted molar refractivity (Wildman–Crippen MR) is 140 cm³/mol. The number of rotatable bonds is 4. The number of ether oxygens (including phenoxy) is 1. The molecule has 2 aromatic carbocycles. The zero-order chi connectivity index (χ0) is 23.9. The molecule has 1 N–H and O–H groups in total. The fraction of sp³-hybridized carbons (Fsp3) is 0.333. The first kappa shape index (κ1) is 23.2. The molecule has 0 aliphatic carbocycles. The van der Waals surface area contributed by atoms with Crippen LogP contribution >= 0.6 is 11.8 Å². The minimum absolute atomic E-state index is 0.0719. The van der Waals surface area contributed by atoms with Gasteiger partial charge in [-0.3, -0.25) is 4.79 Å². The topological polar surface area (TPSA) is 53.9 Å². The van der Waals surface area contributed by atoms with Gasteiger partial charge in [-0.05, 0) is 94.3 Å². The van der Waals surface area contributed by atoms with Crippen LogP contribution < -0.4 is 15.0 Å². The summed E-state index contributed by atoms with van der Waals surface area (Å²) in [4.78, 5) is 20.3. The van der Waals surface area contributed by atoms with E-state index in [2.05, 4.69) is 67.2 Å². The Balaban J connectivity index is 1.71. The molecule has 0 unspecified atom stereocenters. The molecule has 0 atom stereocenters. The molecule has 0 bridgehead atoms. The second-order valence-electron chi connectivity index (χ2n) is 9.16. The van der Waals surface area contributed by atoms with E-state index in [1.165, 1.54) is 17.3 Å². The van der Waals surface area contributed by atoms with Gasteiger partial charge in [0.1, 0.15) is 5.75 Å². The van der Waals surface area contributed by atoms with Crippen LogP contribution in [0.1, 0.15) is 49.9 Å². The van der Waals surface area contributed by atoms with E-state index >= 15 is 0 Å². The molecule has 1 saturated heterocycles. The molecule has 2 aliphatic heterocycles. The molecule has 33 heavy (non-hydrogen) atoms. The average Bonchev–Trinajstić information content (AvgIpc) is 3.05. The van der Waals surface area contributed by atoms with Crippen molar-refractivity contribution in [3.05, 3.63) is 63.6 Å². The average molecular weight is 462 g/mol. The number of amidine groups is 1. The highest BCUT2D eigenvalue weighted by atomic mass is 32.2. The predicted octanol–water partition coefficient (Wildman–Crippen LogP) is 6.23. The smallest absolute Gasteiger partial charge is 0.264 e. The van der Waals surface area contributed by atoms with Crippen LogP contribution in [0.25, 0.3) is 11.6 Å². The summed E-state index contributed by atoms with van der Waals surface area (Å²) in [6, 6.07) is 10.3. The van der Waals surface area contributed by atoms with Crippen molar-refractivity contribution in [1.82, 2.24) is 5.32 Å². The number of thioether (sulfide) groups is 1. The van der Waals surface area contributed by atoms with Crippen LogP contribution in [0, 0.1) is 13.8 Å². The van der Waals surface area contributed by atoms with Crippen molar-refractivity contribution in [3.8, 4) is 5.75 Å². The largest absolute Gasteiger partial charge is 0.496 e. The van der Waals surface area contributed by atoms with Crippen molar-refractivity contribution in [1.29, 1.82) is 0 Å². The van der Waals surface area contributed by atoms with Crippen molar-refractivity contribution < 1.29 is 9.53 Å². The van der Waals surface area contributed by atoms with E-state index in [9.17, 15) is 4.79 Å². The number of hydrogen-bond donors (Lipinski definition) is 1. The fourth-order valence-electron chi connectivity index (χ4n) is 4.74. The summed E-state index contributed by atoms with van der Waals surface area (Å²) >= 11 is 1.35. The number of amides is 1. The van der Waals surface area contributed by atoms with Crippen LogP contribution in [-0.4, -0.2) is 30.3 Å². The van der Waals surface area contributed by atoms with Crippen LogP contribution in [-0.2, 0) is 4.79 Å². The summed E-state index contributed by atoms with van der Waals surface area (Å²) in [5.41, 5.74) is 7.48. The molecule has 2 aromatic rings. The summed E-state index contributed by atoms with van der Waals surface area (Å²) in [5.74, 6) is 0.602. The van der Waals surface area contributed by atoms with Crippen LogP contribution in [0.5, 0.6) is 5.75 Å². The molecule has 0 aromatic heterocycles. The van der Waals surface area contributed by atoms with E-state index in [1.54, 1.807) is 7.11 Å². The Morgan fingerprint density at radius 3 is 2.45 bits per heavy atom. The number of benzene rings is 2. The maximum atomic E-state index is 12.7. The summed E-state index contributed by atoms with van der Waals surface area (Å²) < 4.78 is 5.74. The first-order chi connectivity index (χ1) is 15.6. The van der Waals surface area contributed by atoms with Gasteiger partial charge in [-0.1, -0.05) is 12.1 Å². The second kappa shape index (κ2) is 8.75. The number of hydrogen-bond acceptors (Lipinski definition) is 5. The number of fused-ring (bicyclic) bond motifs is 1. The minimum atomic E-state index is -0.147. The summed E-state index contributed by atoms with van der Waals surface area (Å²) in [6.45, 7) is 13.7. The highest BCUT2D eigenvalue weighted by Crippen LogP contribution is 2.43. The van der Waals surface area contributed by atoms with Gasteiger partial charge in [-0.25, -0.2) is 4.99 Å². The molecular formula is C27H31N3O2S. The van der Waals surface area contributed by atoms with E-state index in [1.807, 2.05) is 32.1 Å².